The molecule has 5 atom stereocenters. The van der Waals surface area contributed by atoms with E-state index in [0.29, 0.717) is 0 Å². The maximum atomic E-state index is 2.73. The van der Waals surface area contributed by atoms with Crippen molar-refractivity contribution in [2.24, 2.45) is 17.8 Å². The molecule has 12 heavy (non-hydrogen) atoms. The Balaban J connectivity index is 1.88. The van der Waals surface area contributed by atoms with Crippen molar-refractivity contribution in [2.45, 2.75) is 38.6 Å². The summed E-state index contributed by atoms with van der Waals surface area (Å²) >= 11 is 0. The van der Waals surface area contributed by atoms with E-state index >= 15 is 0 Å². The SMILES string of the molecule is CC1C2CCN1CC1CCCC12. The molecule has 0 radical (unpaired) electrons. The van der Waals surface area contributed by atoms with Crippen LogP contribution in [0.3, 0.4) is 0 Å². The molecule has 3 rings (SSSR count). The van der Waals surface area contributed by atoms with Crippen molar-refractivity contribution in [1.82, 2.24) is 4.90 Å². The second-order valence-corrected chi connectivity index (χ2v) is 5.04. The maximum absolute atomic E-state index is 2.73. The molecule has 3 aliphatic rings. The van der Waals surface area contributed by atoms with Crippen LogP contribution in [0.4, 0.5) is 0 Å². The third-order valence-corrected chi connectivity index (χ3v) is 4.68. The highest BCUT2D eigenvalue weighted by Crippen LogP contribution is 2.47. The second kappa shape index (κ2) is 2.47. The highest BCUT2D eigenvalue weighted by atomic mass is 15.2. The molecule has 2 bridgehead atoms. The van der Waals surface area contributed by atoms with Crippen molar-refractivity contribution in [1.29, 1.82) is 0 Å². The second-order valence-electron chi connectivity index (χ2n) is 5.04. The van der Waals surface area contributed by atoms with E-state index in [-0.39, 0.29) is 0 Å². The molecule has 2 heterocycles. The van der Waals surface area contributed by atoms with E-state index in [0.717, 1.165) is 23.8 Å². The summed E-state index contributed by atoms with van der Waals surface area (Å²) in [5.41, 5.74) is 0. The summed E-state index contributed by atoms with van der Waals surface area (Å²) in [5.74, 6) is 3.29. The van der Waals surface area contributed by atoms with Crippen LogP contribution < -0.4 is 0 Å². The summed E-state index contributed by atoms with van der Waals surface area (Å²) in [4.78, 5) is 2.73. The molecule has 1 aliphatic carbocycles. The summed E-state index contributed by atoms with van der Waals surface area (Å²) in [6.45, 7) is 5.29. The van der Waals surface area contributed by atoms with Gasteiger partial charge in [-0.3, -0.25) is 0 Å². The van der Waals surface area contributed by atoms with Gasteiger partial charge in [-0.2, -0.15) is 0 Å². The monoisotopic (exact) mass is 165 g/mol. The molecule has 2 saturated heterocycles. The van der Waals surface area contributed by atoms with Gasteiger partial charge >= 0.3 is 0 Å². The van der Waals surface area contributed by atoms with Crippen LogP contribution in [-0.2, 0) is 0 Å². The maximum Gasteiger partial charge on any atom is 0.00985 e. The molecule has 1 heteroatoms. The third kappa shape index (κ3) is 0.834. The molecule has 0 aromatic carbocycles. The molecule has 68 valence electrons. The minimum atomic E-state index is 0.921. The van der Waals surface area contributed by atoms with E-state index in [1.165, 1.54) is 32.4 Å². The zero-order chi connectivity index (χ0) is 8.13. The van der Waals surface area contributed by atoms with Gasteiger partial charge in [0.25, 0.3) is 0 Å². The number of rotatable bonds is 0. The topological polar surface area (TPSA) is 3.24 Å². The predicted octanol–water partition coefficient (Wildman–Crippen LogP) is 2.13. The smallest absolute Gasteiger partial charge is 0.00985 e. The quantitative estimate of drug-likeness (QED) is 0.531. The first-order valence-electron chi connectivity index (χ1n) is 5.60. The average Bonchev–Trinajstić information content (AvgIpc) is 2.59. The normalized spacial score (nSPS) is 57.2. The molecular formula is C11H19N. The minimum Gasteiger partial charge on any atom is -0.300 e. The van der Waals surface area contributed by atoms with Gasteiger partial charge in [-0.1, -0.05) is 6.42 Å². The molecule has 0 amide bonds. The third-order valence-electron chi connectivity index (χ3n) is 4.68. The van der Waals surface area contributed by atoms with Crippen molar-refractivity contribution in [3.05, 3.63) is 0 Å². The summed E-state index contributed by atoms with van der Waals surface area (Å²) in [7, 11) is 0. The Kier molecular flexibility index (Phi) is 1.52. The highest BCUT2D eigenvalue weighted by Gasteiger charge is 2.46. The van der Waals surface area contributed by atoms with Crippen LogP contribution in [0, 0.1) is 17.8 Å². The van der Waals surface area contributed by atoms with Gasteiger partial charge in [0, 0.05) is 12.6 Å². The van der Waals surface area contributed by atoms with Crippen LogP contribution in [0.1, 0.15) is 32.6 Å². The van der Waals surface area contributed by atoms with Crippen molar-refractivity contribution >= 4 is 0 Å². The highest BCUT2D eigenvalue weighted by molar-refractivity contribution is 4.98. The first-order valence-corrected chi connectivity index (χ1v) is 5.60. The fourth-order valence-electron chi connectivity index (χ4n) is 4.02. The van der Waals surface area contributed by atoms with Crippen LogP contribution >= 0.6 is 0 Å². The number of fused-ring (bicyclic) bond motifs is 4. The van der Waals surface area contributed by atoms with Crippen LogP contribution in [0.15, 0.2) is 0 Å². The Morgan fingerprint density at radius 3 is 2.92 bits per heavy atom. The number of hydrogen-bond acceptors (Lipinski definition) is 1. The van der Waals surface area contributed by atoms with Crippen LogP contribution in [0.25, 0.3) is 0 Å². The van der Waals surface area contributed by atoms with Gasteiger partial charge in [0.15, 0.2) is 0 Å². The lowest BCUT2D eigenvalue weighted by Crippen LogP contribution is -2.43. The molecule has 2 aliphatic heterocycles. The molecule has 0 aromatic heterocycles. The zero-order valence-electron chi connectivity index (χ0n) is 8.00. The number of hydrogen-bond donors (Lipinski definition) is 0. The molecule has 1 saturated carbocycles. The molecular weight excluding hydrogens is 146 g/mol. The first-order chi connectivity index (χ1) is 5.86. The van der Waals surface area contributed by atoms with E-state index in [4.69, 9.17) is 0 Å². The van der Waals surface area contributed by atoms with Crippen molar-refractivity contribution in [3.8, 4) is 0 Å². The lowest BCUT2D eigenvalue weighted by molar-refractivity contribution is 0.0949. The Bertz CT molecular complexity index is 189. The fraction of sp³-hybridized carbons (Fsp3) is 1.00. The van der Waals surface area contributed by atoms with Gasteiger partial charge in [-0.05, 0) is 50.5 Å². The molecule has 5 unspecified atom stereocenters. The van der Waals surface area contributed by atoms with Gasteiger partial charge in [0.1, 0.15) is 0 Å². The van der Waals surface area contributed by atoms with Crippen LogP contribution in [0.5, 0.6) is 0 Å². The lowest BCUT2D eigenvalue weighted by Gasteiger charge is -2.39. The minimum absolute atomic E-state index is 0.921. The van der Waals surface area contributed by atoms with Crippen molar-refractivity contribution in [3.63, 3.8) is 0 Å². The summed E-state index contributed by atoms with van der Waals surface area (Å²) in [5, 5.41) is 0. The van der Waals surface area contributed by atoms with E-state index in [9.17, 15) is 0 Å². The van der Waals surface area contributed by atoms with Gasteiger partial charge in [0.05, 0.1) is 0 Å². The van der Waals surface area contributed by atoms with E-state index < -0.39 is 0 Å². The lowest BCUT2D eigenvalue weighted by atomic mass is 9.77. The molecule has 0 aromatic rings. The Morgan fingerprint density at radius 2 is 2.00 bits per heavy atom. The molecule has 1 nitrogen and oxygen atoms in total. The largest absolute Gasteiger partial charge is 0.300 e. The van der Waals surface area contributed by atoms with Gasteiger partial charge in [-0.15, -0.1) is 0 Å². The van der Waals surface area contributed by atoms with Gasteiger partial charge < -0.3 is 4.90 Å². The van der Waals surface area contributed by atoms with E-state index in [2.05, 4.69) is 11.8 Å². The zero-order valence-corrected chi connectivity index (χ0v) is 8.00. The van der Waals surface area contributed by atoms with E-state index in [1.807, 2.05) is 0 Å². The van der Waals surface area contributed by atoms with Gasteiger partial charge in [0.2, 0.25) is 0 Å². The number of nitrogens with zero attached hydrogens (tertiary/aromatic N) is 1. The molecule has 0 spiro atoms. The summed E-state index contributed by atoms with van der Waals surface area (Å²) in [6.07, 6.45) is 6.10. The summed E-state index contributed by atoms with van der Waals surface area (Å²) in [6, 6.07) is 0.921. The molecule has 0 N–H and O–H groups in total. The first kappa shape index (κ1) is 7.37. The van der Waals surface area contributed by atoms with Crippen molar-refractivity contribution < 1.29 is 0 Å². The van der Waals surface area contributed by atoms with Crippen molar-refractivity contribution in [2.75, 3.05) is 13.1 Å². The van der Waals surface area contributed by atoms with Crippen LogP contribution in [0.2, 0.25) is 0 Å². The van der Waals surface area contributed by atoms with E-state index in [1.54, 1.807) is 6.42 Å². The van der Waals surface area contributed by atoms with Crippen LogP contribution in [-0.4, -0.2) is 24.0 Å². The van der Waals surface area contributed by atoms with Gasteiger partial charge in [-0.25, -0.2) is 0 Å². The Labute approximate surface area is 75.1 Å². The molecule has 3 fully saturated rings. The Hall–Kier alpha value is -0.0400. The number of piperidine rings is 1. The average molecular weight is 165 g/mol. The summed E-state index contributed by atoms with van der Waals surface area (Å²) < 4.78 is 0. The Morgan fingerprint density at radius 1 is 1.08 bits per heavy atom. The predicted molar refractivity (Wildman–Crippen MR) is 50.0 cm³/mol. The fourth-order valence-corrected chi connectivity index (χ4v) is 4.02. The standard InChI is InChI=1S/C11H19N/c1-8-10-5-6-12(8)7-9-3-2-4-11(9)10/h8-11H,2-7H2,1H3.